The highest BCUT2D eigenvalue weighted by Gasteiger charge is 2.19. The van der Waals surface area contributed by atoms with E-state index in [2.05, 4.69) is 191 Å². The molecule has 0 amide bonds. The molecule has 466 valence electrons. The molecule has 0 aliphatic heterocycles. The number of rotatable bonds is 59. The Balaban J connectivity index is 4.52. The van der Waals surface area contributed by atoms with Crippen LogP contribution in [0.5, 0.6) is 0 Å². The average molecular weight is 1140 g/mol. The zero-order chi connectivity index (χ0) is 59.9. The number of carbonyl (C=O) groups is 3. The van der Waals surface area contributed by atoms with Crippen molar-refractivity contribution in [1.82, 2.24) is 0 Å². The number of hydrogen-bond acceptors (Lipinski definition) is 6. The third kappa shape index (κ3) is 67.4. The van der Waals surface area contributed by atoms with E-state index in [0.717, 1.165) is 141 Å². The van der Waals surface area contributed by atoms with Crippen LogP contribution in [0.2, 0.25) is 0 Å². The summed E-state index contributed by atoms with van der Waals surface area (Å²) in [6, 6.07) is 0. The van der Waals surface area contributed by atoms with E-state index in [1.54, 1.807) is 0 Å². The predicted molar refractivity (Wildman–Crippen MR) is 361 cm³/mol. The SMILES string of the molecule is CC/C=C\C/C=C\C/C=C\C/C=C\C/C=C\C/C=C\CCCCCCC(=O)OC(COC(=O)CCC/C=C\C/C=C\C/C=C\C/C=C\C/C=C\CC)COC(=O)CCCCCCCCCCCC/C=C\C/C=C\C/C=C\CCCCCCC. The zero-order valence-corrected chi connectivity index (χ0v) is 53.4. The van der Waals surface area contributed by atoms with E-state index in [1.165, 1.54) is 89.9 Å². The van der Waals surface area contributed by atoms with Crippen LogP contribution in [-0.2, 0) is 28.6 Å². The van der Waals surface area contributed by atoms with E-state index >= 15 is 0 Å². The summed E-state index contributed by atoms with van der Waals surface area (Å²) in [5.41, 5.74) is 0. The molecule has 0 saturated carbocycles. The van der Waals surface area contributed by atoms with Crippen LogP contribution in [0.4, 0.5) is 0 Å². The first-order valence-corrected chi connectivity index (χ1v) is 33.6. The van der Waals surface area contributed by atoms with Crippen molar-refractivity contribution in [3.63, 3.8) is 0 Å². The van der Waals surface area contributed by atoms with Gasteiger partial charge in [-0.3, -0.25) is 14.4 Å². The first kappa shape index (κ1) is 77.8. The van der Waals surface area contributed by atoms with Crippen LogP contribution in [0.1, 0.15) is 278 Å². The standard InChI is InChI=1S/C77H122O6/c1-4-7-10-13-16-19-22-25-28-31-33-35-37-38-40-41-43-46-49-52-55-58-61-64-67-70-76(79)82-73-74(72-81-75(78)69-66-63-60-57-54-51-48-45-30-27-24-21-18-15-12-9-6-3)83-77(80)71-68-65-62-59-56-53-50-47-44-42-39-36-34-32-29-26-23-20-17-14-11-8-5-2/h8-9,11-12,17-18,20-22,25-27,29-31,33-34,36-38,42,44,48,50-51,53,57,60,74H,4-7,10,13-16,19,23-24,28,32,35,39-41,43,45-47,49,52,54-56,58-59,61-73H2,1-3H3/b11-8-,12-9-,20-17-,21-18-,25-22-,29-26-,30-27-,33-31-,36-34-,38-37-,44-42-,51-48-,53-50-,60-57-. The minimum atomic E-state index is -0.828. The fourth-order valence-electron chi connectivity index (χ4n) is 8.72. The molecule has 0 aliphatic rings. The van der Waals surface area contributed by atoms with E-state index in [-0.39, 0.29) is 44.0 Å². The molecule has 0 fully saturated rings. The Labute approximate surface area is 511 Å². The second-order valence-electron chi connectivity index (χ2n) is 21.6. The first-order chi connectivity index (χ1) is 41.0. The van der Waals surface area contributed by atoms with Crippen molar-refractivity contribution in [3.05, 3.63) is 170 Å². The number of esters is 3. The van der Waals surface area contributed by atoms with Gasteiger partial charge in [-0.2, -0.15) is 0 Å². The van der Waals surface area contributed by atoms with Gasteiger partial charge in [-0.05, 0) is 148 Å². The molecule has 6 heteroatoms. The molecule has 0 aromatic heterocycles. The number of allylic oxidation sites excluding steroid dienone is 28. The van der Waals surface area contributed by atoms with Gasteiger partial charge in [0.2, 0.25) is 0 Å². The van der Waals surface area contributed by atoms with Crippen LogP contribution >= 0.6 is 0 Å². The normalized spacial score (nSPS) is 13.2. The fraction of sp³-hybridized carbons (Fsp3) is 0.597. The molecule has 1 atom stereocenters. The number of ether oxygens (including phenoxy) is 3. The van der Waals surface area contributed by atoms with Gasteiger partial charge in [-0.1, -0.05) is 281 Å². The van der Waals surface area contributed by atoms with Gasteiger partial charge in [0.15, 0.2) is 6.10 Å². The number of hydrogen-bond donors (Lipinski definition) is 0. The van der Waals surface area contributed by atoms with Crippen molar-refractivity contribution in [1.29, 1.82) is 0 Å². The van der Waals surface area contributed by atoms with Gasteiger partial charge < -0.3 is 14.2 Å². The molecule has 0 bridgehead atoms. The molecule has 0 saturated heterocycles. The zero-order valence-electron chi connectivity index (χ0n) is 53.4. The van der Waals surface area contributed by atoms with Crippen LogP contribution in [0.15, 0.2) is 170 Å². The van der Waals surface area contributed by atoms with Crippen molar-refractivity contribution in [2.24, 2.45) is 0 Å². The van der Waals surface area contributed by atoms with Gasteiger partial charge in [-0.25, -0.2) is 0 Å². The lowest BCUT2D eigenvalue weighted by Gasteiger charge is -2.18. The van der Waals surface area contributed by atoms with Crippen molar-refractivity contribution in [2.75, 3.05) is 13.2 Å². The summed E-state index contributed by atoms with van der Waals surface area (Å²) in [5, 5.41) is 0. The third-order valence-electron chi connectivity index (χ3n) is 13.7. The number of carbonyl (C=O) groups excluding carboxylic acids is 3. The maximum absolute atomic E-state index is 12.9. The Hall–Kier alpha value is -5.23. The van der Waals surface area contributed by atoms with E-state index < -0.39 is 6.10 Å². The summed E-state index contributed by atoms with van der Waals surface area (Å²) >= 11 is 0. The Morgan fingerprint density at radius 3 is 0.783 bits per heavy atom. The molecule has 0 aromatic carbocycles. The molecule has 0 rings (SSSR count). The van der Waals surface area contributed by atoms with Crippen LogP contribution in [0.3, 0.4) is 0 Å². The maximum Gasteiger partial charge on any atom is 0.306 e. The largest absolute Gasteiger partial charge is 0.462 e. The molecule has 1 unspecified atom stereocenters. The molecule has 0 heterocycles. The van der Waals surface area contributed by atoms with Crippen LogP contribution in [0.25, 0.3) is 0 Å². The predicted octanol–water partition coefficient (Wildman–Crippen LogP) is 23.4. The molecule has 0 aromatic rings. The van der Waals surface area contributed by atoms with Crippen LogP contribution in [-0.4, -0.2) is 37.2 Å². The average Bonchev–Trinajstić information content (AvgIpc) is 3.49. The molecular weight excluding hydrogens is 1020 g/mol. The molecule has 0 aliphatic carbocycles. The molecule has 6 nitrogen and oxygen atoms in total. The van der Waals surface area contributed by atoms with Crippen molar-refractivity contribution in [3.8, 4) is 0 Å². The summed E-state index contributed by atoms with van der Waals surface area (Å²) in [7, 11) is 0. The van der Waals surface area contributed by atoms with Gasteiger partial charge in [-0.15, -0.1) is 0 Å². The minimum Gasteiger partial charge on any atom is -0.462 e. The molecule has 83 heavy (non-hydrogen) atoms. The lowest BCUT2D eigenvalue weighted by Crippen LogP contribution is -2.30. The second kappa shape index (κ2) is 69.3. The van der Waals surface area contributed by atoms with Crippen LogP contribution < -0.4 is 0 Å². The van der Waals surface area contributed by atoms with E-state index in [1.807, 2.05) is 0 Å². The molecular formula is C77H122O6. The third-order valence-corrected chi connectivity index (χ3v) is 13.7. The summed E-state index contributed by atoms with van der Waals surface area (Å²) in [5.74, 6) is -1.01. The summed E-state index contributed by atoms with van der Waals surface area (Å²) in [6.07, 6.45) is 102. The second-order valence-corrected chi connectivity index (χ2v) is 21.6. The summed E-state index contributed by atoms with van der Waals surface area (Å²) in [4.78, 5) is 38.4. The highest BCUT2D eigenvalue weighted by atomic mass is 16.6. The van der Waals surface area contributed by atoms with Crippen molar-refractivity contribution < 1.29 is 28.6 Å². The van der Waals surface area contributed by atoms with Crippen LogP contribution in [0, 0.1) is 0 Å². The van der Waals surface area contributed by atoms with Gasteiger partial charge >= 0.3 is 17.9 Å². The monoisotopic (exact) mass is 1140 g/mol. The Bertz CT molecular complexity index is 1890. The van der Waals surface area contributed by atoms with Crippen molar-refractivity contribution >= 4 is 17.9 Å². The lowest BCUT2D eigenvalue weighted by atomic mass is 10.1. The van der Waals surface area contributed by atoms with Gasteiger partial charge in [0, 0.05) is 19.3 Å². The minimum absolute atomic E-state index is 0.116. The summed E-state index contributed by atoms with van der Waals surface area (Å²) in [6.45, 7) is 6.33. The molecule has 0 N–H and O–H groups in total. The van der Waals surface area contributed by atoms with E-state index in [0.29, 0.717) is 12.8 Å². The smallest absolute Gasteiger partial charge is 0.306 e. The van der Waals surface area contributed by atoms with Gasteiger partial charge in [0.1, 0.15) is 13.2 Å². The number of unbranched alkanes of at least 4 members (excludes halogenated alkanes) is 20. The quantitative estimate of drug-likeness (QED) is 0.0261. The highest BCUT2D eigenvalue weighted by molar-refractivity contribution is 5.71. The first-order valence-electron chi connectivity index (χ1n) is 33.6. The molecule has 0 radical (unpaired) electrons. The van der Waals surface area contributed by atoms with E-state index in [4.69, 9.17) is 14.2 Å². The van der Waals surface area contributed by atoms with Gasteiger partial charge in [0.25, 0.3) is 0 Å². The van der Waals surface area contributed by atoms with E-state index in [9.17, 15) is 14.4 Å². The molecule has 0 spiro atoms. The maximum atomic E-state index is 12.9. The fourth-order valence-corrected chi connectivity index (χ4v) is 8.72. The topological polar surface area (TPSA) is 78.9 Å². The Kier molecular flexibility index (Phi) is 64.9. The van der Waals surface area contributed by atoms with Crippen molar-refractivity contribution in [2.45, 2.75) is 284 Å². The Morgan fingerprint density at radius 2 is 0.482 bits per heavy atom. The highest BCUT2D eigenvalue weighted by Crippen LogP contribution is 2.14. The lowest BCUT2D eigenvalue weighted by molar-refractivity contribution is -0.167. The Morgan fingerprint density at radius 1 is 0.253 bits per heavy atom. The summed E-state index contributed by atoms with van der Waals surface area (Å²) < 4.78 is 16.9. The van der Waals surface area contributed by atoms with Gasteiger partial charge in [0.05, 0.1) is 0 Å².